The normalized spacial score (nSPS) is 29.9. The Morgan fingerprint density at radius 2 is 1.17 bits per heavy atom. The second-order valence-corrected chi connectivity index (χ2v) is 7.10. The molecule has 1 saturated carbocycles. The maximum atomic E-state index is 3.96. The Balaban J connectivity index is 0.000000130. The van der Waals surface area contributed by atoms with Gasteiger partial charge in [-0.15, -0.1) is 0 Å². The quantitative estimate of drug-likeness (QED) is 0.430. The zero-order valence-electron chi connectivity index (χ0n) is 15.3. The molecule has 0 aromatic heterocycles. The maximum Gasteiger partial charge on any atom is -0.0127 e. The summed E-state index contributed by atoms with van der Waals surface area (Å²) in [6, 6.07) is 0. The lowest BCUT2D eigenvalue weighted by Crippen LogP contribution is -1.90. The minimum atomic E-state index is 0.852. The summed E-state index contributed by atoms with van der Waals surface area (Å²) >= 11 is 0. The minimum Gasteiger partial charge on any atom is -0.0955 e. The summed E-state index contributed by atoms with van der Waals surface area (Å²) in [5, 5.41) is 0. The first-order chi connectivity index (χ1) is 11.9. The Labute approximate surface area is 149 Å². The van der Waals surface area contributed by atoms with Gasteiger partial charge in [-0.1, -0.05) is 72.4 Å². The molecule has 0 heterocycles. The standard InChI is InChI=1S/C8H10.2C8H12/c1-6-4-7-2-3-8(6)5-7;2*1-2-4-6-8-7-5-3-1/h4,8H,1-3,5H2;2*1-4H,5-8H2/b;2*3-1-,4-2-. The molecule has 1 fully saturated rings. The zero-order chi connectivity index (χ0) is 16.9. The molecule has 0 N–H and O–H groups in total. The van der Waals surface area contributed by atoms with Crippen LogP contribution in [0.3, 0.4) is 0 Å². The van der Waals surface area contributed by atoms with Crippen LogP contribution in [0.1, 0.15) is 70.6 Å². The summed E-state index contributed by atoms with van der Waals surface area (Å²) in [5.74, 6) is 0.852. The van der Waals surface area contributed by atoms with E-state index in [1.165, 1.54) is 76.2 Å². The fraction of sp³-hybridized carbons (Fsp3) is 0.500. The molecular formula is C24H34. The van der Waals surface area contributed by atoms with Crippen LogP contribution in [0.5, 0.6) is 0 Å². The molecule has 0 nitrogen and oxygen atoms in total. The van der Waals surface area contributed by atoms with Gasteiger partial charge in [0.05, 0.1) is 0 Å². The molecule has 0 aromatic rings. The Bertz CT molecular complexity index is 454. The Morgan fingerprint density at radius 1 is 0.708 bits per heavy atom. The summed E-state index contributed by atoms with van der Waals surface area (Å²) in [5.41, 5.74) is 3.02. The van der Waals surface area contributed by atoms with Crippen LogP contribution in [-0.2, 0) is 0 Å². The molecule has 1 atom stereocenters. The van der Waals surface area contributed by atoms with E-state index in [9.17, 15) is 0 Å². The SMILES string of the molecule is C1=C\CCCC\C=C/1.C1=C\CCCC\C=C/1.C=C1C=C2CCC1C2. The van der Waals surface area contributed by atoms with E-state index in [0.29, 0.717) is 0 Å². The molecule has 1 unspecified atom stereocenters. The van der Waals surface area contributed by atoms with Crippen LogP contribution < -0.4 is 0 Å². The molecule has 24 heavy (non-hydrogen) atoms. The number of allylic oxidation sites excluding steroid dienone is 11. The van der Waals surface area contributed by atoms with Gasteiger partial charge in [0.15, 0.2) is 0 Å². The largest absolute Gasteiger partial charge is 0.0955 e. The van der Waals surface area contributed by atoms with E-state index in [1.54, 1.807) is 5.57 Å². The van der Waals surface area contributed by atoms with Crippen LogP contribution in [0.25, 0.3) is 0 Å². The van der Waals surface area contributed by atoms with Gasteiger partial charge in [0.2, 0.25) is 0 Å². The lowest BCUT2D eigenvalue weighted by atomic mass is 10.0. The van der Waals surface area contributed by atoms with Crippen LogP contribution in [0.4, 0.5) is 0 Å². The van der Waals surface area contributed by atoms with E-state index in [-0.39, 0.29) is 0 Å². The van der Waals surface area contributed by atoms with Crippen molar-refractivity contribution in [3.63, 3.8) is 0 Å². The van der Waals surface area contributed by atoms with Crippen molar-refractivity contribution in [1.29, 1.82) is 0 Å². The minimum absolute atomic E-state index is 0.852. The van der Waals surface area contributed by atoms with Gasteiger partial charge in [0.1, 0.15) is 0 Å². The molecule has 0 heteroatoms. The predicted octanol–water partition coefficient (Wildman–Crippen LogP) is 7.63. The highest BCUT2D eigenvalue weighted by atomic mass is 14.3. The van der Waals surface area contributed by atoms with Crippen molar-refractivity contribution >= 4 is 0 Å². The van der Waals surface area contributed by atoms with Crippen molar-refractivity contribution in [3.05, 3.63) is 72.4 Å². The van der Waals surface area contributed by atoms with Crippen molar-refractivity contribution in [1.82, 2.24) is 0 Å². The molecule has 0 aromatic carbocycles. The molecule has 130 valence electrons. The third kappa shape index (κ3) is 7.81. The van der Waals surface area contributed by atoms with E-state index in [1.807, 2.05) is 0 Å². The topological polar surface area (TPSA) is 0 Å². The maximum absolute atomic E-state index is 3.96. The highest BCUT2D eigenvalue weighted by molar-refractivity contribution is 5.35. The average Bonchev–Trinajstić information content (AvgIpc) is 3.09. The van der Waals surface area contributed by atoms with Gasteiger partial charge in [-0.2, -0.15) is 0 Å². The van der Waals surface area contributed by atoms with Crippen molar-refractivity contribution in [3.8, 4) is 0 Å². The molecule has 0 radical (unpaired) electrons. The van der Waals surface area contributed by atoms with Gasteiger partial charge in [-0.25, -0.2) is 0 Å². The highest BCUT2D eigenvalue weighted by Gasteiger charge is 2.26. The van der Waals surface area contributed by atoms with Crippen LogP contribution in [0.15, 0.2) is 72.4 Å². The third-order valence-electron chi connectivity index (χ3n) is 4.99. The lowest BCUT2D eigenvalue weighted by molar-refractivity contribution is 0.675. The lowest BCUT2D eigenvalue weighted by Gasteiger charge is -2.03. The van der Waals surface area contributed by atoms with E-state index in [2.05, 4.69) is 61.3 Å². The Hall–Kier alpha value is -1.56. The predicted molar refractivity (Wildman–Crippen MR) is 108 cm³/mol. The molecular weight excluding hydrogens is 288 g/mol. The van der Waals surface area contributed by atoms with Gasteiger partial charge >= 0.3 is 0 Å². The molecule has 4 aliphatic carbocycles. The van der Waals surface area contributed by atoms with Gasteiger partial charge in [0, 0.05) is 0 Å². The molecule has 4 aliphatic rings. The highest BCUT2D eigenvalue weighted by Crippen LogP contribution is 2.41. The molecule has 2 bridgehead atoms. The van der Waals surface area contributed by atoms with Crippen LogP contribution in [0, 0.1) is 5.92 Å². The molecule has 0 saturated heterocycles. The molecule has 0 amide bonds. The zero-order valence-corrected chi connectivity index (χ0v) is 15.3. The van der Waals surface area contributed by atoms with Gasteiger partial charge < -0.3 is 0 Å². The van der Waals surface area contributed by atoms with E-state index < -0.39 is 0 Å². The fourth-order valence-electron chi connectivity index (χ4n) is 3.46. The van der Waals surface area contributed by atoms with Crippen LogP contribution in [0.2, 0.25) is 0 Å². The summed E-state index contributed by atoms with van der Waals surface area (Å²) in [7, 11) is 0. The number of hydrogen-bond donors (Lipinski definition) is 0. The van der Waals surface area contributed by atoms with Crippen molar-refractivity contribution < 1.29 is 0 Å². The van der Waals surface area contributed by atoms with Crippen LogP contribution in [-0.4, -0.2) is 0 Å². The van der Waals surface area contributed by atoms with E-state index in [0.717, 1.165) is 5.92 Å². The number of fused-ring (bicyclic) bond motifs is 2. The second kappa shape index (κ2) is 11.9. The van der Waals surface area contributed by atoms with Gasteiger partial charge in [-0.3, -0.25) is 0 Å². The summed E-state index contributed by atoms with van der Waals surface area (Å²) in [6.07, 6.45) is 34.3. The van der Waals surface area contributed by atoms with Crippen molar-refractivity contribution in [2.75, 3.05) is 0 Å². The monoisotopic (exact) mass is 322 g/mol. The average molecular weight is 323 g/mol. The van der Waals surface area contributed by atoms with Gasteiger partial charge in [0.25, 0.3) is 0 Å². The van der Waals surface area contributed by atoms with Crippen LogP contribution >= 0.6 is 0 Å². The third-order valence-corrected chi connectivity index (χ3v) is 4.99. The summed E-state index contributed by atoms with van der Waals surface area (Å²) < 4.78 is 0. The smallest absolute Gasteiger partial charge is 0.0127 e. The van der Waals surface area contributed by atoms with Gasteiger partial charge in [-0.05, 0) is 76.5 Å². The Kier molecular flexibility index (Phi) is 9.31. The fourth-order valence-corrected chi connectivity index (χ4v) is 3.46. The summed E-state index contributed by atoms with van der Waals surface area (Å²) in [4.78, 5) is 0. The van der Waals surface area contributed by atoms with E-state index in [4.69, 9.17) is 0 Å². The molecule has 4 rings (SSSR count). The first-order valence-electron chi connectivity index (χ1n) is 9.88. The number of hydrogen-bond acceptors (Lipinski definition) is 0. The molecule has 0 spiro atoms. The first-order valence-corrected chi connectivity index (χ1v) is 9.88. The number of rotatable bonds is 0. The second-order valence-electron chi connectivity index (χ2n) is 7.10. The van der Waals surface area contributed by atoms with E-state index >= 15 is 0 Å². The Morgan fingerprint density at radius 3 is 1.42 bits per heavy atom. The van der Waals surface area contributed by atoms with Crippen molar-refractivity contribution in [2.24, 2.45) is 5.92 Å². The first kappa shape index (κ1) is 18.8. The molecule has 0 aliphatic heterocycles. The van der Waals surface area contributed by atoms with Crippen molar-refractivity contribution in [2.45, 2.75) is 70.6 Å². The summed E-state index contributed by atoms with van der Waals surface area (Å²) in [6.45, 7) is 3.96.